The smallest absolute Gasteiger partial charge is 0.0349 e. The number of benzene rings is 4. The molecule has 4 aromatic rings. The number of hydrogen-bond acceptors (Lipinski definition) is 2. The van der Waals surface area contributed by atoms with E-state index in [9.17, 15) is 0 Å². The molecule has 0 saturated carbocycles. The molecule has 2 heteroatoms. The quantitative estimate of drug-likeness (QED) is 0.182. The maximum atomic E-state index is 7.40. The molecule has 0 aliphatic carbocycles. The highest BCUT2D eigenvalue weighted by molar-refractivity contribution is 5.90. The third-order valence-electron chi connectivity index (χ3n) is 6.02. The summed E-state index contributed by atoms with van der Waals surface area (Å²) in [5.74, 6) is 0.979. The minimum absolute atomic E-state index is 0.450. The second-order valence-corrected chi connectivity index (χ2v) is 9.23. The highest BCUT2D eigenvalue weighted by Gasteiger charge is 2.13. The van der Waals surface area contributed by atoms with Crippen molar-refractivity contribution in [3.05, 3.63) is 120 Å². The Morgan fingerprint density at radius 1 is 0.585 bits per heavy atom. The Kier molecular flexibility index (Phi) is 19.8. The normalized spacial score (nSPS) is 9.76. The van der Waals surface area contributed by atoms with Gasteiger partial charge >= 0.3 is 0 Å². The minimum atomic E-state index is 0.450. The first-order valence-electron chi connectivity index (χ1n) is 15.2. The number of para-hydroxylation sites is 1. The molecule has 0 amide bonds. The highest BCUT2D eigenvalue weighted by Crippen LogP contribution is 2.36. The number of rotatable bonds is 6. The van der Waals surface area contributed by atoms with E-state index in [4.69, 9.17) is 11.1 Å². The number of nitrogen functional groups attached to an aromatic ring is 1. The van der Waals surface area contributed by atoms with Crippen LogP contribution in [0.2, 0.25) is 0 Å². The summed E-state index contributed by atoms with van der Waals surface area (Å²) in [6.07, 6.45) is 5.17. The van der Waals surface area contributed by atoms with Crippen LogP contribution >= 0.6 is 0 Å². The van der Waals surface area contributed by atoms with Crippen molar-refractivity contribution in [1.82, 2.24) is 0 Å². The van der Waals surface area contributed by atoms with E-state index in [1.807, 2.05) is 78.0 Å². The molecular formula is C39H54N2. The molecule has 0 bridgehead atoms. The van der Waals surface area contributed by atoms with Crippen LogP contribution in [0.15, 0.2) is 103 Å². The first kappa shape index (κ1) is 37.1. The van der Waals surface area contributed by atoms with Gasteiger partial charge in [0.25, 0.3) is 0 Å². The second kappa shape index (κ2) is 21.9. The van der Waals surface area contributed by atoms with Crippen molar-refractivity contribution in [2.45, 2.75) is 81.1 Å². The SMILES string of the molecule is CC.CC.CC.CC(C)c1cc(-c2ccccc2)c(/C=C/C=N)c(-c2ccccc2)c1.CC(C)c1ccccc1N. The molecule has 0 aliphatic rings. The summed E-state index contributed by atoms with van der Waals surface area (Å²) < 4.78 is 0. The van der Waals surface area contributed by atoms with Crippen molar-refractivity contribution in [3.8, 4) is 22.3 Å². The largest absolute Gasteiger partial charge is 0.398 e. The molecule has 0 aliphatic heterocycles. The molecule has 0 radical (unpaired) electrons. The molecule has 2 nitrogen and oxygen atoms in total. The predicted octanol–water partition coefficient (Wildman–Crippen LogP) is 12.3. The van der Waals surface area contributed by atoms with E-state index in [0.29, 0.717) is 11.8 Å². The maximum absolute atomic E-state index is 7.40. The zero-order valence-electron chi connectivity index (χ0n) is 27.2. The lowest BCUT2D eigenvalue weighted by Gasteiger charge is -2.17. The van der Waals surface area contributed by atoms with Crippen LogP contribution in [0.25, 0.3) is 28.3 Å². The first-order valence-corrected chi connectivity index (χ1v) is 15.2. The molecule has 0 spiro atoms. The molecule has 4 rings (SSSR count). The van der Waals surface area contributed by atoms with Crippen LogP contribution in [0.1, 0.15) is 97.8 Å². The second-order valence-electron chi connectivity index (χ2n) is 9.23. The van der Waals surface area contributed by atoms with Gasteiger partial charge in [0.2, 0.25) is 0 Å². The Labute approximate surface area is 251 Å². The molecule has 0 heterocycles. The highest BCUT2D eigenvalue weighted by atomic mass is 14.6. The fraction of sp³-hybridized carbons (Fsp3) is 0.308. The first-order chi connectivity index (χ1) is 19.9. The number of allylic oxidation sites excluding steroid dienone is 1. The van der Waals surface area contributed by atoms with Crippen LogP contribution in [0.5, 0.6) is 0 Å². The molecular weight excluding hydrogens is 496 g/mol. The van der Waals surface area contributed by atoms with E-state index >= 15 is 0 Å². The van der Waals surface area contributed by atoms with Gasteiger partial charge in [0, 0.05) is 11.9 Å². The summed E-state index contributed by atoms with van der Waals surface area (Å²) in [5.41, 5.74) is 15.2. The summed E-state index contributed by atoms with van der Waals surface area (Å²) >= 11 is 0. The van der Waals surface area contributed by atoms with Crippen molar-refractivity contribution >= 4 is 18.0 Å². The van der Waals surface area contributed by atoms with Crippen LogP contribution in [0.3, 0.4) is 0 Å². The Morgan fingerprint density at radius 2 is 1.00 bits per heavy atom. The molecule has 220 valence electrons. The van der Waals surface area contributed by atoms with Gasteiger partial charge in [-0.3, -0.25) is 0 Å². The van der Waals surface area contributed by atoms with Crippen molar-refractivity contribution in [3.63, 3.8) is 0 Å². The van der Waals surface area contributed by atoms with Crippen molar-refractivity contribution < 1.29 is 0 Å². The lowest BCUT2D eigenvalue weighted by Crippen LogP contribution is -1.95. The fourth-order valence-electron chi connectivity index (χ4n) is 4.08. The zero-order chi connectivity index (χ0) is 31.2. The molecule has 4 aromatic carbocycles. The Morgan fingerprint density at radius 3 is 1.34 bits per heavy atom. The van der Waals surface area contributed by atoms with E-state index in [-0.39, 0.29) is 0 Å². The summed E-state index contributed by atoms with van der Waals surface area (Å²) in [7, 11) is 0. The maximum Gasteiger partial charge on any atom is 0.0349 e. The molecule has 0 aromatic heterocycles. The lowest BCUT2D eigenvalue weighted by atomic mass is 9.87. The van der Waals surface area contributed by atoms with Gasteiger partial charge in [-0.05, 0) is 62.9 Å². The average molecular weight is 551 g/mol. The van der Waals surface area contributed by atoms with Gasteiger partial charge < -0.3 is 11.1 Å². The summed E-state index contributed by atoms with van der Waals surface area (Å²) in [5, 5.41) is 7.40. The van der Waals surface area contributed by atoms with Crippen LogP contribution in [-0.4, -0.2) is 6.21 Å². The summed E-state index contributed by atoms with van der Waals surface area (Å²) in [6.45, 7) is 20.7. The zero-order valence-corrected chi connectivity index (χ0v) is 27.2. The van der Waals surface area contributed by atoms with E-state index < -0.39 is 0 Å². The predicted molar refractivity (Wildman–Crippen MR) is 188 cm³/mol. The topological polar surface area (TPSA) is 49.9 Å². The summed E-state index contributed by atoms with van der Waals surface area (Å²) in [4.78, 5) is 0. The van der Waals surface area contributed by atoms with Gasteiger partial charge in [-0.1, -0.05) is 166 Å². The van der Waals surface area contributed by atoms with Gasteiger partial charge in [-0.15, -0.1) is 0 Å². The van der Waals surface area contributed by atoms with Gasteiger partial charge in [0.15, 0.2) is 0 Å². The van der Waals surface area contributed by atoms with E-state index in [2.05, 4.69) is 94.4 Å². The monoisotopic (exact) mass is 550 g/mol. The Bertz CT molecular complexity index is 1190. The number of nitrogens with two attached hydrogens (primary N) is 1. The number of anilines is 1. The van der Waals surface area contributed by atoms with Gasteiger partial charge in [-0.25, -0.2) is 0 Å². The molecule has 3 N–H and O–H groups in total. The molecule has 41 heavy (non-hydrogen) atoms. The number of hydrogen-bond donors (Lipinski definition) is 2. The van der Waals surface area contributed by atoms with Gasteiger partial charge in [0.05, 0.1) is 0 Å². The molecule has 0 unspecified atom stereocenters. The Hall–Kier alpha value is -3.91. The Balaban J connectivity index is 0.000000835. The van der Waals surface area contributed by atoms with Gasteiger partial charge in [0.1, 0.15) is 0 Å². The van der Waals surface area contributed by atoms with E-state index in [0.717, 1.165) is 11.3 Å². The van der Waals surface area contributed by atoms with Crippen LogP contribution < -0.4 is 5.73 Å². The molecule has 0 atom stereocenters. The van der Waals surface area contributed by atoms with Crippen molar-refractivity contribution in [1.29, 1.82) is 5.41 Å². The van der Waals surface area contributed by atoms with E-state index in [1.165, 1.54) is 39.6 Å². The van der Waals surface area contributed by atoms with E-state index in [1.54, 1.807) is 6.08 Å². The van der Waals surface area contributed by atoms with Crippen LogP contribution in [0, 0.1) is 5.41 Å². The third kappa shape index (κ3) is 12.0. The number of nitrogens with one attached hydrogen (secondary N) is 1. The molecule has 0 fully saturated rings. The van der Waals surface area contributed by atoms with Crippen molar-refractivity contribution in [2.75, 3.05) is 5.73 Å². The lowest BCUT2D eigenvalue weighted by molar-refractivity contribution is 0.867. The van der Waals surface area contributed by atoms with Crippen molar-refractivity contribution in [2.24, 2.45) is 0 Å². The minimum Gasteiger partial charge on any atom is -0.398 e. The van der Waals surface area contributed by atoms with Crippen LogP contribution in [-0.2, 0) is 0 Å². The van der Waals surface area contributed by atoms with Gasteiger partial charge in [-0.2, -0.15) is 0 Å². The molecule has 0 saturated heterocycles. The fourth-order valence-corrected chi connectivity index (χ4v) is 4.08. The summed E-state index contributed by atoms with van der Waals surface area (Å²) in [6, 6.07) is 33.5. The average Bonchev–Trinajstić information content (AvgIpc) is 3.03. The standard InChI is InChI=1S/C24H23N.C9H13N.3C2H6/c1-18(2)21-16-23(19-10-5-3-6-11-19)22(14-9-15-25)24(17-21)20-12-7-4-8-13-20;1-7(2)8-5-3-4-6-9(8)10;3*1-2/h3-18,25H,1-2H3;3-7H,10H2,1-2H3;3*1-2H3/b14-9+,25-15?;;;;. The van der Waals surface area contributed by atoms with Crippen LogP contribution in [0.4, 0.5) is 5.69 Å². The third-order valence-corrected chi connectivity index (χ3v) is 6.02.